The molecule has 0 aliphatic heterocycles. The molecule has 5 aromatic rings. The average Bonchev–Trinajstić information content (AvgIpc) is 3.03. The molecular weight excluding hydrogens is 555 g/mol. The Morgan fingerprint density at radius 1 is 0.571 bits per heavy atom. The Labute approximate surface area is 253 Å². The van der Waals surface area contributed by atoms with Crippen molar-refractivity contribution in [1.82, 2.24) is 0 Å². The number of hydrogen-bond acceptors (Lipinski definition) is 2. The van der Waals surface area contributed by atoms with Gasteiger partial charge in [0.1, 0.15) is 4.90 Å². The van der Waals surface area contributed by atoms with Gasteiger partial charge >= 0.3 is 0 Å². The lowest BCUT2D eigenvalue weighted by atomic mass is 9.84. The van der Waals surface area contributed by atoms with Crippen LogP contribution in [0.25, 0.3) is 10.8 Å². The van der Waals surface area contributed by atoms with Crippen molar-refractivity contribution in [2.45, 2.75) is 49.6 Å². The van der Waals surface area contributed by atoms with Crippen LogP contribution in [0.3, 0.4) is 0 Å². The smallest absolute Gasteiger partial charge is 0.282 e. The largest absolute Gasteiger partial charge is 0.295 e. The van der Waals surface area contributed by atoms with Gasteiger partial charge in [-0.2, -0.15) is 8.42 Å². The molecule has 0 saturated heterocycles. The third-order valence-corrected chi connectivity index (χ3v) is 12.0. The normalized spacial score (nSPS) is 11.7. The Morgan fingerprint density at radius 2 is 0.976 bits per heavy atom. The Balaban J connectivity index is 0.000000241. The molecule has 42 heavy (non-hydrogen) atoms. The summed E-state index contributed by atoms with van der Waals surface area (Å²) in [6.45, 7) is 4.64. The van der Waals surface area contributed by atoms with Crippen LogP contribution in [0.5, 0.6) is 0 Å². The second-order valence-corrected chi connectivity index (χ2v) is 14.5. The van der Waals surface area contributed by atoms with Crippen molar-refractivity contribution in [1.29, 1.82) is 0 Å². The van der Waals surface area contributed by atoms with Gasteiger partial charge in [-0.1, -0.05) is 162 Å². The maximum atomic E-state index is 11.0. The standard InChI is InChI=1S/C27H33P.C10H8O3S/c1-3-5-22-28(23-6-4-2)27(24-16-10-7-11-17-24,25-18-12-8-13-19-25)26-20-14-9-15-21-26;11-14(12,13)10-7-3-5-8-4-1-2-6-9(8)10/h7-21H,3-6,22-23H2,1-2H3;1-7H,(H,11,12,13). The fourth-order valence-electron chi connectivity index (χ4n) is 5.65. The summed E-state index contributed by atoms with van der Waals surface area (Å²) in [6, 6.07) is 45.6. The van der Waals surface area contributed by atoms with Gasteiger partial charge < -0.3 is 0 Å². The minimum atomic E-state index is -4.13. The maximum Gasteiger partial charge on any atom is 0.295 e. The minimum absolute atomic E-state index is 0.0382. The maximum absolute atomic E-state index is 11.0. The van der Waals surface area contributed by atoms with Gasteiger partial charge in [0, 0.05) is 5.39 Å². The second kappa shape index (κ2) is 15.3. The fraction of sp³-hybridized carbons (Fsp3) is 0.243. The highest BCUT2D eigenvalue weighted by Gasteiger charge is 2.42. The first-order valence-corrected chi connectivity index (χ1v) is 17.9. The van der Waals surface area contributed by atoms with Crippen LogP contribution in [0.15, 0.2) is 138 Å². The average molecular weight is 597 g/mol. The Bertz CT molecular complexity index is 1510. The highest BCUT2D eigenvalue weighted by Crippen LogP contribution is 2.63. The van der Waals surface area contributed by atoms with Gasteiger partial charge in [0.25, 0.3) is 10.1 Å². The molecule has 5 heteroatoms. The number of rotatable bonds is 11. The highest BCUT2D eigenvalue weighted by atomic mass is 32.2. The molecule has 0 unspecified atom stereocenters. The lowest BCUT2D eigenvalue weighted by Gasteiger charge is -2.43. The first-order valence-electron chi connectivity index (χ1n) is 14.8. The predicted molar refractivity (Wildman–Crippen MR) is 179 cm³/mol. The van der Waals surface area contributed by atoms with Crippen LogP contribution in [0.4, 0.5) is 0 Å². The van der Waals surface area contributed by atoms with Gasteiger partial charge in [0.2, 0.25) is 0 Å². The van der Waals surface area contributed by atoms with Crippen LogP contribution in [0, 0.1) is 0 Å². The topological polar surface area (TPSA) is 54.4 Å². The van der Waals surface area contributed by atoms with Crippen molar-refractivity contribution in [3.8, 4) is 0 Å². The summed E-state index contributed by atoms with van der Waals surface area (Å²) in [6.07, 6.45) is 7.79. The van der Waals surface area contributed by atoms with Crippen LogP contribution in [-0.4, -0.2) is 25.3 Å². The van der Waals surface area contributed by atoms with Crippen LogP contribution in [0.2, 0.25) is 0 Å². The lowest BCUT2D eigenvalue weighted by molar-refractivity contribution is 0.484. The predicted octanol–water partition coefficient (Wildman–Crippen LogP) is 10.1. The third kappa shape index (κ3) is 7.36. The monoisotopic (exact) mass is 596 g/mol. The zero-order chi connectivity index (χ0) is 29.8. The summed E-state index contributed by atoms with van der Waals surface area (Å²) in [5.74, 6) is 0. The van der Waals surface area contributed by atoms with Crippen molar-refractivity contribution in [3.05, 3.63) is 150 Å². The van der Waals surface area contributed by atoms with Gasteiger partial charge in [-0.3, -0.25) is 4.55 Å². The van der Waals surface area contributed by atoms with E-state index in [4.69, 9.17) is 4.55 Å². The molecule has 218 valence electrons. The summed E-state index contributed by atoms with van der Waals surface area (Å²) in [7, 11) is -4.38. The summed E-state index contributed by atoms with van der Waals surface area (Å²) >= 11 is 0. The van der Waals surface area contributed by atoms with E-state index in [-0.39, 0.29) is 18.0 Å². The summed E-state index contributed by atoms with van der Waals surface area (Å²) in [5, 5.41) is 1.30. The highest BCUT2D eigenvalue weighted by molar-refractivity contribution is 7.86. The summed E-state index contributed by atoms with van der Waals surface area (Å²) in [4.78, 5) is -0.0457. The number of unbranched alkanes of at least 4 members (excludes halogenated alkanes) is 2. The molecule has 3 nitrogen and oxygen atoms in total. The van der Waals surface area contributed by atoms with Crippen molar-refractivity contribution in [3.63, 3.8) is 0 Å². The molecule has 0 bridgehead atoms. The first-order chi connectivity index (χ1) is 20.4. The molecule has 5 aromatic carbocycles. The lowest BCUT2D eigenvalue weighted by Crippen LogP contribution is -2.29. The number of fused-ring (bicyclic) bond motifs is 1. The Kier molecular flexibility index (Phi) is 11.5. The molecule has 5 rings (SSSR count). The molecule has 0 aromatic heterocycles. The second-order valence-electron chi connectivity index (χ2n) is 10.5. The molecule has 0 radical (unpaired) electrons. The van der Waals surface area contributed by atoms with Crippen LogP contribution in [-0.2, 0) is 15.3 Å². The molecule has 0 spiro atoms. The van der Waals surface area contributed by atoms with Crippen molar-refractivity contribution in [2.24, 2.45) is 0 Å². The van der Waals surface area contributed by atoms with Crippen molar-refractivity contribution < 1.29 is 13.0 Å². The van der Waals surface area contributed by atoms with Gasteiger partial charge in [-0.25, -0.2) is 0 Å². The molecule has 1 N–H and O–H groups in total. The Hall–Kier alpha value is -3.30. The zero-order valence-corrected chi connectivity index (χ0v) is 26.3. The third-order valence-electron chi connectivity index (χ3n) is 7.64. The molecule has 0 atom stereocenters. The van der Waals surface area contributed by atoms with E-state index in [0.29, 0.717) is 5.39 Å². The summed E-state index contributed by atoms with van der Waals surface area (Å²) in [5.41, 5.74) is 4.35. The van der Waals surface area contributed by atoms with E-state index in [2.05, 4.69) is 105 Å². The summed E-state index contributed by atoms with van der Waals surface area (Å²) < 4.78 is 31.0. The van der Waals surface area contributed by atoms with E-state index in [1.54, 1.807) is 30.3 Å². The van der Waals surface area contributed by atoms with Gasteiger partial charge in [-0.05, 0) is 53.3 Å². The molecular formula is C37H41O3PS. The van der Waals surface area contributed by atoms with Crippen molar-refractivity contribution >= 4 is 28.8 Å². The van der Waals surface area contributed by atoms with Crippen LogP contribution in [0.1, 0.15) is 56.2 Å². The van der Waals surface area contributed by atoms with Gasteiger partial charge in [0.05, 0.1) is 5.16 Å². The quantitative estimate of drug-likeness (QED) is 0.0938. The van der Waals surface area contributed by atoms with Crippen LogP contribution >= 0.6 is 7.92 Å². The van der Waals surface area contributed by atoms with E-state index in [0.717, 1.165) is 5.39 Å². The number of benzene rings is 5. The number of hydrogen-bond donors (Lipinski definition) is 1. The SMILES string of the molecule is CCCCP(CCCC)C(c1ccccc1)(c1ccccc1)c1ccccc1.O=S(=O)(O)c1cccc2ccccc12. The fourth-order valence-corrected chi connectivity index (χ4v) is 10.2. The zero-order valence-electron chi connectivity index (χ0n) is 24.6. The van der Waals surface area contributed by atoms with E-state index < -0.39 is 10.1 Å². The van der Waals surface area contributed by atoms with E-state index in [9.17, 15) is 8.42 Å². The molecule has 0 amide bonds. The van der Waals surface area contributed by atoms with E-state index >= 15 is 0 Å². The molecule has 0 heterocycles. The van der Waals surface area contributed by atoms with Crippen molar-refractivity contribution in [2.75, 3.05) is 12.3 Å². The molecule has 0 aliphatic rings. The van der Waals surface area contributed by atoms with Gasteiger partial charge in [-0.15, -0.1) is 0 Å². The van der Waals surface area contributed by atoms with Crippen LogP contribution < -0.4 is 0 Å². The molecule has 0 saturated carbocycles. The van der Waals surface area contributed by atoms with E-state index in [1.807, 2.05) is 6.07 Å². The molecule has 0 fully saturated rings. The first kappa shape index (κ1) is 31.6. The molecule has 0 aliphatic carbocycles. The van der Waals surface area contributed by atoms with Gasteiger partial charge in [0.15, 0.2) is 0 Å². The Morgan fingerprint density at radius 3 is 1.40 bits per heavy atom. The minimum Gasteiger partial charge on any atom is -0.282 e. The van der Waals surface area contributed by atoms with E-state index in [1.165, 1.54) is 60.8 Å².